The average molecular weight is 251 g/mol. The number of aliphatic hydroxyl groups excluding tert-OH is 1. The normalized spacial score (nSPS) is 27.4. The molecule has 0 saturated carbocycles. The van der Waals surface area contributed by atoms with Crippen molar-refractivity contribution in [2.75, 3.05) is 18.1 Å². The van der Waals surface area contributed by atoms with Gasteiger partial charge in [-0.3, -0.25) is 9.59 Å². The summed E-state index contributed by atoms with van der Waals surface area (Å²) in [5.41, 5.74) is 0. The van der Waals surface area contributed by atoms with Gasteiger partial charge in [-0.2, -0.15) is 0 Å². The molecule has 1 amide bonds. The summed E-state index contributed by atoms with van der Waals surface area (Å²) >= 11 is 0. The molecule has 0 aromatic heterocycles. The molecule has 1 aliphatic heterocycles. The summed E-state index contributed by atoms with van der Waals surface area (Å²) in [4.78, 5) is 21.6. The van der Waals surface area contributed by atoms with Gasteiger partial charge in [0.2, 0.25) is 0 Å². The van der Waals surface area contributed by atoms with Gasteiger partial charge in [0.25, 0.3) is 5.91 Å². The van der Waals surface area contributed by atoms with Crippen molar-refractivity contribution in [1.82, 2.24) is 5.32 Å². The van der Waals surface area contributed by atoms with E-state index in [0.29, 0.717) is 0 Å². The first-order chi connectivity index (χ1) is 7.30. The Kier molecular flexibility index (Phi) is 3.87. The average Bonchev–Trinajstić information content (AvgIpc) is 2.36. The zero-order valence-corrected chi connectivity index (χ0v) is 9.49. The summed E-state index contributed by atoms with van der Waals surface area (Å²) in [6.45, 7) is 0.681. The Morgan fingerprint density at radius 3 is 2.50 bits per heavy atom. The van der Waals surface area contributed by atoms with Crippen molar-refractivity contribution in [1.29, 1.82) is 0 Å². The Bertz CT molecular complexity index is 389. The van der Waals surface area contributed by atoms with E-state index < -0.39 is 40.5 Å². The molecule has 92 valence electrons. The topological polar surface area (TPSA) is 110 Å². The highest BCUT2D eigenvalue weighted by molar-refractivity contribution is 7.91. The van der Waals surface area contributed by atoms with Crippen LogP contribution in [0.5, 0.6) is 0 Å². The van der Waals surface area contributed by atoms with Gasteiger partial charge in [-0.05, 0) is 0 Å². The Morgan fingerprint density at radius 2 is 2.06 bits per heavy atom. The van der Waals surface area contributed by atoms with Crippen LogP contribution >= 0.6 is 0 Å². The van der Waals surface area contributed by atoms with Crippen molar-refractivity contribution in [2.45, 2.75) is 19.1 Å². The fraction of sp³-hybridized carbons (Fsp3) is 0.750. The number of sulfone groups is 1. The van der Waals surface area contributed by atoms with Crippen molar-refractivity contribution in [2.24, 2.45) is 0 Å². The lowest BCUT2D eigenvalue weighted by atomic mass is 10.2. The maximum Gasteiger partial charge on any atom is 0.303 e. The minimum atomic E-state index is -3.29. The first kappa shape index (κ1) is 12.9. The molecule has 0 aliphatic carbocycles. The van der Waals surface area contributed by atoms with E-state index in [1.807, 2.05) is 0 Å². The minimum Gasteiger partial charge on any atom is -0.456 e. The number of nitrogens with one attached hydrogen (secondary N) is 1. The van der Waals surface area contributed by atoms with E-state index in [9.17, 15) is 23.1 Å². The Balaban J connectivity index is 2.43. The maximum atomic E-state index is 11.2. The highest BCUT2D eigenvalue weighted by Gasteiger charge is 2.37. The van der Waals surface area contributed by atoms with E-state index in [0.717, 1.165) is 6.92 Å². The number of amides is 1. The summed E-state index contributed by atoms with van der Waals surface area (Å²) in [6, 6.07) is -0.826. The molecule has 2 N–H and O–H groups in total. The van der Waals surface area contributed by atoms with Crippen LogP contribution in [0.15, 0.2) is 0 Å². The number of esters is 1. The number of ether oxygens (including phenoxy) is 1. The van der Waals surface area contributed by atoms with Gasteiger partial charge in [-0.1, -0.05) is 0 Å². The second-order valence-corrected chi connectivity index (χ2v) is 5.75. The van der Waals surface area contributed by atoms with E-state index in [1.165, 1.54) is 0 Å². The van der Waals surface area contributed by atoms with Crippen LogP contribution in [0.4, 0.5) is 0 Å². The van der Waals surface area contributed by atoms with Crippen molar-refractivity contribution < 1.29 is 27.9 Å². The van der Waals surface area contributed by atoms with Crippen LogP contribution in [0.1, 0.15) is 6.92 Å². The first-order valence-electron chi connectivity index (χ1n) is 4.61. The molecule has 16 heavy (non-hydrogen) atoms. The molecule has 1 heterocycles. The predicted octanol–water partition coefficient (Wildman–Crippen LogP) is -2.18. The van der Waals surface area contributed by atoms with E-state index in [1.54, 1.807) is 0 Å². The van der Waals surface area contributed by atoms with Gasteiger partial charge in [0.1, 0.15) is 0 Å². The molecule has 7 nitrogen and oxygen atoms in total. The molecular weight excluding hydrogens is 238 g/mol. The van der Waals surface area contributed by atoms with Crippen molar-refractivity contribution in [3.63, 3.8) is 0 Å². The molecule has 1 saturated heterocycles. The van der Waals surface area contributed by atoms with E-state index in [4.69, 9.17) is 0 Å². The van der Waals surface area contributed by atoms with Crippen LogP contribution in [0, 0.1) is 0 Å². The summed E-state index contributed by atoms with van der Waals surface area (Å²) in [5.74, 6) is -1.88. The molecule has 8 heteroatoms. The smallest absolute Gasteiger partial charge is 0.303 e. The van der Waals surface area contributed by atoms with Crippen molar-refractivity contribution >= 4 is 21.7 Å². The van der Waals surface area contributed by atoms with Gasteiger partial charge in [0.15, 0.2) is 16.4 Å². The summed E-state index contributed by atoms with van der Waals surface area (Å²) in [6.07, 6.45) is -1.11. The summed E-state index contributed by atoms with van der Waals surface area (Å²) in [5, 5.41) is 11.6. The largest absolute Gasteiger partial charge is 0.456 e. The molecular formula is C8H13NO6S. The highest BCUT2D eigenvalue weighted by atomic mass is 32.2. The number of hydrogen-bond acceptors (Lipinski definition) is 6. The van der Waals surface area contributed by atoms with Gasteiger partial charge < -0.3 is 15.2 Å². The van der Waals surface area contributed by atoms with Crippen LogP contribution in [0.2, 0.25) is 0 Å². The van der Waals surface area contributed by atoms with Crippen LogP contribution in [-0.2, 0) is 24.2 Å². The third-order valence-electron chi connectivity index (χ3n) is 2.08. The van der Waals surface area contributed by atoms with E-state index in [2.05, 4.69) is 10.1 Å². The molecule has 1 rings (SSSR count). The SMILES string of the molecule is CC(=O)OCC(=O)N[C@@H]1CS(=O)(=O)C[C@@H]1O. The molecule has 0 bridgehead atoms. The highest BCUT2D eigenvalue weighted by Crippen LogP contribution is 2.12. The lowest BCUT2D eigenvalue weighted by Crippen LogP contribution is -2.44. The molecule has 1 aliphatic rings. The van der Waals surface area contributed by atoms with Gasteiger partial charge in [0, 0.05) is 6.92 Å². The van der Waals surface area contributed by atoms with Crippen LogP contribution in [0.25, 0.3) is 0 Å². The van der Waals surface area contributed by atoms with Gasteiger partial charge in [0.05, 0.1) is 23.7 Å². The van der Waals surface area contributed by atoms with Crippen LogP contribution in [0.3, 0.4) is 0 Å². The maximum absolute atomic E-state index is 11.2. The first-order valence-corrected chi connectivity index (χ1v) is 6.43. The lowest BCUT2D eigenvalue weighted by Gasteiger charge is -2.14. The third kappa shape index (κ3) is 3.78. The van der Waals surface area contributed by atoms with Crippen molar-refractivity contribution in [3.05, 3.63) is 0 Å². The monoisotopic (exact) mass is 251 g/mol. The van der Waals surface area contributed by atoms with Gasteiger partial charge in [-0.15, -0.1) is 0 Å². The number of rotatable bonds is 3. The Morgan fingerprint density at radius 1 is 1.44 bits per heavy atom. The summed E-state index contributed by atoms with van der Waals surface area (Å²) in [7, 11) is -3.29. The van der Waals surface area contributed by atoms with Crippen LogP contribution < -0.4 is 5.32 Å². The Hall–Kier alpha value is -1.15. The van der Waals surface area contributed by atoms with E-state index in [-0.39, 0.29) is 11.5 Å². The summed E-state index contributed by atoms with van der Waals surface area (Å²) < 4.78 is 26.6. The van der Waals surface area contributed by atoms with E-state index >= 15 is 0 Å². The molecule has 2 atom stereocenters. The van der Waals surface area contributed by atoms with Crippen LogP contribution in [-0.4, -0.2) is 55.7 Å². The fourth-order valence-electron chi connectivity index (χ4n) is 1.38. The third-order valence-corrected chi connectivity index (χ3v) is 3.79. The zero-order chi connectivity index (χ0) is 12.3. The number of aliphatic hydroxyl groups is 1. The fourth-order valence-corrected chi connectivity index (χ4v) is 3.12. The molecule has 0 radical (unpaired) electrons. The quantitative estimate of drug-likeness (QED) is 0.552. The molecule has 0 spiro atoms. The van der Waals surface area contributed by atoms with Gasteiger partial charge >= 0.3 is 5.97 Å². The molecule has 0 unspecified atom stereocenters. The minimum absolute atomic E-state index is 0.292. The second kappa shape index (κ2) is 4.79. The number of carbonyl (C=O) groups is 2. The standard InChI is InChI=1S/C8H13NO6S/c1-5(10)15-2-8(12)9-6-3-16(13,14)4-7(6)11/h6-7,11H,2-4H2,1H3,(H,9,12)/t6-,7+/m1/s1. The van der Waals surface area contributed by atoms with Crippen molar-refractivity contribution in [3.8, 4) is 0 Å². The lowest BCUT2D eigenvalue weighted by molar-refractivity contribution is -0.146. The predicted molar refractivity (Wildman–Crippen MR) is 53.2 cm³/mol. The molecule has 0 aromatic rings. The zero-order valence-electron chi connectivity index (χ0n) is 8.67. The number of hydrogen-bond donors (Lipinski definition) is 2. The molecule has 1 fully saturated rings. The molecule has 0 aromatic carbocycles. The number of carbonyl (C=O) groups excluding carboxylic acids is 2. The Labute approximate surface area is 92.7 Å². The van der Waals surface area contributed by atoms with Gasteiger partial charge in [-0.25, -0.2) is 8.42 Å². The second-order valence-electron chi connectivity index (χ2n) is 3.60.